The van der Waals surface area contributed by atoms with E-state index in [1.165, 1.54) is 0 Å². The predicted octanol–water partition coefficient (Wildman–Crippen LogP) is 4.93. The number of hydrogen-bond donors (Lipinski definition) is 0. The summed E-state index contributed by atoms with van der Waals surface area (Å²) in [6.07, 6.45) is 0. The van der Waals surface area contributed by atoms with E-state index in [4.69, 9.17) is 69.6 Å². The molecule has 0 N–H and O–H groups in total. The largest absolute Gasteiger partial charge is 0.375 e. The number of pyridine rings is 1. The third-order valence-electron chi connectivity index (χ3n) is 1.73. The first-order chi connectivity index (χ1) is 7.16. The minimum absolute atomic E-state index is 0.0380. The summed E-state index contributed by atoms with van der Waals surface area (Å²) in [6, 6.07) is 0. The Labute approximate surface area is 123 Å². The molecule has 2 nitrogen and oxygen atoms in total. The molecule has 0 amide bonds. The number of nitrogens with zero attached hydrogens (tertiary/aromatic N) is 2. The molecule has 0 fully saturated rings. The third kappa shape index (κ3) is 2.92. The van der Waals surface area contributed by atoms with Crippen LogP contribution >= 0.6 is 69.6 Å². The molecule has 0 bridgehead atoms. The van der Waals surface area contributed by atoms with Crippen LogP contribution in [-0.4, -0.2) is 19.1 Å². The fourth-order valence-electron chi connectivity index (χ4n) is 1.08. The smallest absolute Gasteiger partial charge is 0.234 e. The van der Waals surface area contributed by atoms with Crippen LogP contribution in [0.25, 0.3) is 0 Å². The summed E-state index contributed by atoms with van der Waals surface area (Å²) in [4.78, 5) is 5.53. The van der Waals surface area contributed by atoms with Gasteiger partial charge in [0.25, 0.3) is 0 Å². The average Bonchev–Trinajstić information content (AvgIpc) is 2.09. The van der Waals surface area contributed by atoms with Gasteiger partial charge in [0.2, 0.25) is 3.79 Å². The first kappa shape index (κ1) is 14.7. The van der Waals surface area contributed by atoms with Crippen LogP contribution < -0.4 is 4.90 Å². The number of hydrogen-bond acceptors (Lipinski definition) is 2. The highest BCUT2D eigenvalue weighted by Crippen LogP contribution is 2.47. The summed E-state index contributed by atoms with van der Waals surface area (Å²) in [5.41, 5.74) is 0.516. The second-order valence-electron chi connectivity index (χ2n) is 3.12. The molecule has 8 heteroatoms. The van der Waals surface area contributed by atoms with Crippen LogP contribution in [0.5, 0.6) is 0 Å². The quantitative estimate of drug-likeness (QED) is 0.531. The van der Waals surface area contributed by atoms with E-state index in [1.807, 2.05) is 0 Å². The highest BCUT2D eigenvalue weighted by molar-refractivity contribution is 6.67. The van der Waals surface area contributed by atoms with Gasteiger partial charge in [-0.1, -0.05) is 69.6 Å². The van der Waals surface area contributed by atoms with E-state index in [9.17, 15) is 0 Å². The lowest BCUT2D eigenvalue weighted by Crippen LogP contribution is -2.14. The minimum Gasteiger partial charge on any atom is -0.375 e. The average molecular weight is 343 g/mol. The van der Waals surface area contributed by atoms with Gasteiger partial charge in [0, 0.05) is 14.1 Å². The molecule has 1 aromatic rings. The Morgan fingerprint density at radius 1 is 1.00 bits per heavy atom. The SMILES string of the molecule is CN(C)c1c(Cl)c(Cl)nc(C(Cl)(Cl)Cl)c1Cl. The molecule has 0 aliphatic heterocycles. The van der Waals surface area contributed by atoms with E-state index >= 15 is 0 Å². The van der Waals surface area contributed by atoms with E-state index in [0.29, 0.717) is 5.69 Å². The summed E-state index contributed by atoms with van der Waals surface area (Å²) < 4.78 is -1.75. The van der Waals surface area contributed by atoms with E-state index in [-0.39, 0.29) is 20.9 Å². The van der Waals surface area contributed by atoms with Crippen molar-refractivity contribution in [3.8, 4) is 0 Å². The molecule has 1 rings (SSSR count). The minimum atomic E-state index is -1.75. The molecule has 0 aliphatic rings. The van der Waals surface area contributed by atoms with Gasteiger partial charge >= 0.3 is 0 Å². The number of anilines is 1. The summed E-state index contributed by atoms with van der Waals surface area (Å²) in [6.45, 7) is 0. The Hall–Kier alpha value is 0.690. The van der Waals surface area contributed by atoms with Crippen molar-refractivity contribution in [1.82, 2.24) is 4.98 Å². The van der Waals surface area contributed by atoms with Crippen LogP contribution in [0, 0.1) is 0 Å². The lowest BCUT2D eigenvalue weighted by molar-refractivity contribution is 1.05. The van der Waals surface area contributed by atoms with E-state index in [1.54, 1.807) is 19.0 Å². The van der Waals surface area contributed by atoms with Crippen molar-refractivity contribution in [2.45, 2.75) is 3.79 Å². The molecule has 0 spiro atoms. The Kier molecular flexibility index (Phi) is 4.73. The van der Waals surface area contributed by atoms with Gasteiger partial charge in [0.1, 0.15) is 15.9 Å². The van der Waals surface area contributed by atoms with Crippen molar-refractivity contribution < 1.29 is 0 Å². The highest BCUT2D eigenvalue weighted by atomic mass is 35.6. The second kappa shape index (κ2) is 5.13. The maximum atomic E-state index is 6.07. The molecule has 0 aliphatic carbocycles. The molecule has 0 unspecified atom stereocenters. The molecule has 0 saturated carbocycles. The van der Waals surface area contributed by atoms with Crippen LogP contribution in [0.4, 0.5) is 5.69 Å². The fourth-order valence-corrected chi connectivity index (χ4v) is 2.61. The molecule has 16 heavy (non-hydrogen) atoms. The molecule has 1 aromatic heterocycles. The summed E-state index contributed by atoms with van der Waals surface area (Å²) >= 11 is 35.1. The van der Waals surface area contributed by atoms with Gasteiger partial charge < -0.3 is 4.90 Å². The number of aromatic nitrogens is 1. The maximum absolute atomic E-state index is 6.07. The summed E-state index contributed by atoms with van der Waals surface area (Å²) in [7, 11) is 3.48. The van der Waals surface area contributed by atoms with Crippen molar-refractivity contribution >= 4 is 75.3 Å². The summed E-state index contributed by atoms with van der Waals surface area (Å²) in [5.74, 6) is 0. The topological polar surface area (TPSA) is 16.1 Å². The van der Waals surface area contributed by atoms with Crippen molar-refractivity contribution in [2.24, 2.45) is 0 Å². The zero-order valence-corrected chi connectivity index (χ0v) is 12.7. The van der Waals surface area contributed by atoms with Crippen LogP contribution in [0.1, 0.15) is 5.69 Å². The van der Waals surface area contributed by atoms with Crippen LogP contribution in [0.15, 0.2) is 0 Å². The van der Waals surface area contributed by atoms with Gasteiger partial charge in [-0.15, -0.1) is 0 Å². The van der Waals surface area contributed by atoms with Crippen molar-refractivity contribution in [1.29, 1.82) is 0 Å². The third-order valence-corrected chi connectivity index (χ3v) is 3.35. The molecule has 0 saturated heterocycles. The fraction of sp³-hybridized carbons (Fsp3) is 0.375. The molecule has 0 radical (unpaired) electrons. The van der Waals surface area contributed by atoms with Gasteiger partial charge in [-0.05, 0) is 0 Å². The van der Waals surface area contributed by atoms with Gasteiger partial charge in [-0.25, -0.2) is 4.98 Å². The lowest BCUT2D eigenvalue weighted by atomic mass is 10.3. The van der Waals surface area contributed by atoms with Gasteiger partial charge in [0.15, 0.2) is 0 Å². The predicted molar refractivity (Wildman–Crippen MR) is 72.8 cm³/mol. The van der Waals surface area contributed by atoms with Crippen LogP contribution in [0.2, 0.25) is 15.2 Å². The Morgan fingerprint density at radius 3 is 1.88 bits per heavy atom. The summed E-state index contributed by atoms with van der Waals surface area (Å²) in [5, 5.41) is 0.421. The van der Waals surface area contributed by atoms with Crippen LogP contribution in [-0.2, 0) is 3.79 Å². The van der Waals surface area contributed by atoms with E-state index in [2.05, 4.69) is 4.98 Å². The number of alkyl halides is 3. The first-order valence-electron chi connectivity index (χ1n) is 3.95. The van der Waals surface area contributed by atoms with Crippen molar-refractivity contribution in [3.05, 3.63) is 20.9 Å². The van der Waals surface area contributed by atoms with Gasteiger partial charge in [-0.2, -0.15) is 0 Å². The van der Waals surface area contributed by atoms with Gasteiger partial charge in [-0.3, -0.25) is 0 Å². The Bertz CT molecular complexity index is 412. The Morgan fingerprint density at radius 2 is 1.50 bits per heavy atom. The van der Waals surface area contributed by atoms with Crippen molar-refractivity contribution in [2.75, 3.05) is 19.0 Å². The number of halogens is 6. The second-order valence-corrected chi connectivity index (χ2v) is 6.52. The zero-order valence-electron chi connectivity index (χ0n) is 8.16. The molecule has 0 atom stereocenters. The lowest BCUT2D eigenvalue weighted by Gasteiger charge is -2.21. The highest BCUT2D eigenvalue weighted by Gasteiger charge is 2.31. The van der Waals surface area contributed by atoms with E-state index in [0.717, 1.165) is 0 Å². The molecule has 90 valence electrons. The molecular weight excluding hydrogens is 337 g/mol. The van der Waals surface area contributed by atoms with Crippen LogP contribution in [0.3, 0.4) is 0 Å². The monoisotopic (exact) mass is 340 g/mol. The maximum Gasteiger partial charge on any atom is 0.234 e. The molecule has 0 aromatic carbocycles. The number of rotatable bonds is 1. The molecular formula is C8H6Cl6N2. The standard InChI is InChI=1S/C8H6Cl6N2/c1-16(2)5-3(9)6(8(12,13)14)15-7(11)4(5)10/h1-2H3. The Balaban J connectivity index is 3.57. The molecule has 1 heterocycles. The van der Waals surface area contributed by atoms with Gasteiger partial charge in [0.05, 0.1) is 10.7 Å². The van der Waals surface area contributed by atoms with Crippen molar-refractivity contribution in [3.63, 3.8) is 0 Å². The van der Waals surface area contributed by atoms with E-state index < -0.39 is 3.79 Å². The normalized spacial score (nSPS) is 11.8. The first-order valence-corrected chi connectivity index (χ1v) is 6.22. The zero-order chi connectivity index (χ0) is 12.7.